The summed E-state index contributed by atoms with van der Waals surface area (Å²) in [4.78, 5) is 66.3. The Balaban J connectivity index is 1.20. The molecule has 5 atom stereocenters. The predicted octanol–water partition coefficient (Wildman–Crippen LogP) is 4.38. The van der Waals surface area contributed by atoms with Crippen LogP contribution in [-0.4, -0.2) is 81.9 Å². The van der Waals surface area contributed by atoms with Crippen molar-refractivity contribution in [2.45, 2.75) is 101 Å². The minimum absolute atomic E-state index is 0.00823. The van der Waals surface area contributed by atoms with Crippen molar-refractivity contribution in [3.8, 4) is 5.88 Å². The van der Waals surface area contributed by atoms with E-state index in [4.69, 9.17) is 9.26 Å². The lowest BCUT2D eigenvalue weighted by Crippen LogP contribution is -2.52. The number of carbonyl (C=O) groups is 4. The fourth-order valence-corrected chi connectivity index (χ4v) is 9.21. The molecule has 1 aromatic carbocycles. The van der Waals surface area contributed by atoms with Crippen molar-refractivity contribution in [1.29, 1.82) is 0 Å². The Bertz CT molecular complexity index is 2120. The van der Waals surface area contributed by atoms with Gasteiger partial charge in [0.15, 0.2) is 11.5 Å². The van der Waals surface area contributed by atoms with E-state index in [-0.39, 0.29) is 55.2 Å². The summed E-state index contributed by atoms with van der Waals surface area (Å²) in [6.07, 6.45) is 7.15. The number of hydrogen-bond donors (Lipinski definition) is 2. The molecule has 53 heavy (non-hydrogen) atoms. The summed E-state index contributed by atoms with van der Waals surface area (Å²) in [5.41, 5.74) is -0.208. The van der Waals surface area contributed by atoms with E-state index < -0.39 is 68.2 Å². The molecule has 0 radical (unpaired) electrons. The van der Waals surface area contributed by atoms with Crippen LogP contribution in [0.3, 0.4) is 0 Å². The third kappa shape index (κ3) is 7.86. The van der Waals surface area contributed by atoms with Crippen LogP contribution in [0.15, 0.2) is 39.3 Å². The number of allylic oxidation sites excluding steroid dienone is 2. The zero-order chi connectivity index (χ0) is 37.7. The molecule has 2 aliphatic carbocycles. The molecule has 2 aliphatic heterocycles. The van der Waals surface area contributed by atoms with Gasteiger partial charge in [0.1, 0.15) is 34.9 Å². The standard InChI is InChI=1S/C36H40BrFN6O8S/c1-19-12-28(42-52-19)32(46)40-26-9-7-5-3-4-6-8-21-16-36(21,35(48)43-53(49,50)24-10-11-24)17-30(45)29-15-23(18-44(29)34(26)47)51-33-20(2)39-31-25(37)13-22(38)14-27(31)41-33/h6,8,12-14,21,23-24,26,29H,3-5,7,9-11,15-18H2,1-2H3,(H,40,46)(H,43,48)/b8-6-/t21-,23-,26+,29+,36-/m1/s1. The molecule has 3 fully saturated rings. The van der Waals surface area contributed by atoms with Gasteiger partial charge in [0.2, 0.25) is 27.7 Å². The minimum Gasteiger partial charge on any atom is -0.471 e. The molecular formula is C36H40BrFN6O8S. The molecule has 14 nitrogen and oxygen atoms in total. The van der Waals surface area contributed by atoms with E-state index in [0.717, 1.165) is 12.8 Å². The molecule has 3 aromatic rings. The predicted molar refractivity (Wildman–Crippen MR) is 191 cm³/mol. The van der Waals surface area contributed by atoms with Crippen molar-refractivity contribution in [3.05, 3.63) is 57.8 Å². The third-order valence-electron chi connectivity index (χ3n) is 10.5. The van der Waals surface area contributed by atoms with Crippen LogP contribution >= 0.6 is 15.9 Å². The van der Waals surface area contributed by atoms with Gasteiger partial charge in [-0.3, -0.25) is 23.9 Å². The van der Waals surface area contributed by atoms with Crippen LogP contribution in [0.5, 0.6) is 5.88 Å². The van der Waals surface area contributed by atoms with Gasteiger partial charge in [0.25, 0.3) is 5.91 Å². The second-order valence-corrected chi connectivity index (χ2v) is 17.4. The van der Waals surface area contributed by atoms with Crippen LogP contribution in [0.4, 0.5) is 4.39 Å². The number of ketones is 1. The van der Waals surface area contributed by atoms with Gasteiger partial charge in [-0.05, 0) is 80.3 Å². The van der Waals surface area contributed by atoms with Crippen LogP contribution in [0, 0.1) is 31.0 Å². The van der Waals surface area contributed by atoms with Gasteiger partial charge >= 0.3 is 0 Å². The lowest BCUT2D eigenvalue weighted by Gasteiger charge is -2.29. The average molecular weight is 816 g/mol. The SMILES string of the molecule is Cc1cc(C(=O)N[C@H]2CCCCC/C=C\[C@@H]3C[C@@]3(C(=O)NS(=O)(=O)C3CC3)CC(=O)[C@@H]3C[C@@H](Oc4nc5cc(F)cc(Br)c5nc4C)CN3C2=O)no1. The number of nitrogens with one attached hydrogen (secondary N) is 2. The molecule has 0 spiro atoms. The van der Waals surface area contributed by atoms with Crippen molar-refractivity contribution in [2.24, 2.45) is 11.3 Å². The monoisotopic (exact) mass is 814 g/mol. The van der Waals surface area contributed by atoms with E-state index >= 15 is 0 Å². The molecule has 2 saturated carbocycles. The van der Waals surface area contributed by atoms with Crippen molar-refractivity contribution >= 4 is 60.5 Å². The highest BCUT2D eigenvalue weighted by Crippen LogP contribution is 2.57. The van der Waals surface area contributed by atoms with E-state index in [2.05, 4.69) is 41.1 Å². The number of aromatic nitrogens is 3. The van der Waals surface area contributed by atoms with Crippen molar-refractivity contribution in [2.75, 3.05) is 6.54 Å². The lowest BCUT2D eigenvalue weighted by atomic mass is 9.91. The number of halogens is 2. The maximum absolute atomic E-state index is 14.5. The molecule has 2 N–H and O–H groups in total. The number of benzene rings is 1. The van der Waals surface area contributed by atoms with E-state index in [1.165, 1.54) is 23.1 Å². The molecule has 17 heteroatoms. The van der Waals surface area contributed by atoms with Crippen LogP contribution < -0.4 is 14.8 Å². The number of nitrogens with zero attached hydrogens (tertiary/aromatic N) is 4. The molecule has 4 heterocycles. The Hall–Kier alpha value is -4.25. The highest BCUT2D eigenvalue weighted by atomic mass is 79.9. The fraction of sp³-hybridized carbons (Fsp3) is 0.528. The van der Waals surface area contributed by atoms with Gasteiger partial charge < -0.3 is 19.5 Å². The molecule has 0 unspecified atom stereocenters. The largest absolute Gasteiger partial charge is 0.471 e. The average Bonchev–Trinajstić information content (AvgIpc) is 3.99. The molecule has 0 bridgehead atoms. The smallest absolute Gasteiger partial charge is 0.274 e. The summed E-state index contributed by atoms with van der Waals surface area (Å²) in [5, 5.41) is 5.96. The topological polar surface area (TPSA) is 191 Å². The Labute approximate surface area is 313 Å². The van der Waals surface area contributed by atoms with E-state index in [1.54, 1.807) is 13.8 Å². The number of ether oxygens (including phenoxy) is 1. The second-order valence-electron chi connectivity index (χ2n) is 14.6. The highest BCUT2D eigenvalue weighted by molar-refractivity contribution is 9.10. The summed E-state index contributed by atoms with van der Waals surface area (Å²) in [6, 6.07) is 1.88. The Morgan fingerprint density at radius 2 is 1.89 bits per heavy atom. The number of fused-ring (bicyclic) bond motifs is 3. The molecular weight excluding hydrogens is 775 g/mol. The van der Waals surface area contributed by atoms with Gasteiger partial charge in [-0.2, -0.15) is 0 Å². The van der Waals surface area contributed by atoms with E-state index in [9.17, 15) is 32.0 Å². The number of carbonyl (C=O) groups excluding carboxylic acids is 4. The molecule has 2 aromatic heterocycles. The van der Waals surface area contributed by atoms with Gasteiger partial charge in [0, 0.05) is 29.4 Å². The molecule has 7 rings (SSSR count). The number of amides is 3. The minimum atomic E-state index is -3.88. The van der Waals surface area contributed by atoms with Gasteiger partial charge in [-0.25, -0.2) is 22.8 Å². The summed E-state index contributed by atoms with van der Waals surface area (Å²) in [6.45, 7) is 3.26. The van der Waals surface area contributed by atoms with Crippen molar-refractivity contribution in [3.63, 3.8) is 0 Å². The Kier molecular flexibility index (Phi) is 10.2. The third-order valence-corrected chi connectivity index (χ3v) is 12.9. The number of Topliss-reactive ketones (excluding diaryl/α,β-unsaturated/α-hetero) is 1. The first kappa shape index (κ1) is 37.1. The number of hydrogen-bond acceptors (Lipinski definition) is 11. The Morgan fingerprint density at radius 3 is 2.62 bits per heavy atom. The first-order chi connectivity index (χ1) is 25.2. The summed E-state index contributed by atoms with van der Waals surface area (Å²) >= 11 is 3.32. The first-order valence-electron chi connectivity index (χ1n) is 17.8. The second kappa shape index (κ2) is 14.5. The molecule has 4 aliphatic rings. The van der Waals surface area contributed by atoms with Gasteiger partial charge in [-0.15, -0.1) is 0 Å². The molecule has 1 saturated heterocycles. The maximum atomic E-state index is 14.5. The van der Waals surface area contributed by atoms with E-state index in [0.29, 0.717) is 47.1 Å². The lowest BCUT2D eigenvalue weighted by molar-refractivity contribution is -0.140. The van der Waals surface area contributed by atoms with Crippen molar-refractivity contribution < 1.29 is 41.2 Å². The Morgan fingerprint density at radius 1 is 1.09 bits per heavy atom. The number of rotatable bonds is 7. The van der Waals surface area contributed by atoms with Gasteiger partial charge in [-0.1, -0.05) is 30.2 Å². The number of sulfonamides is 1. The molecule has 282 valence electrons. The zero-order valence-corrected chi connectivity index (χ0v) is 31.7. The summed E-state index contributed by atoms with van der Waals surface area (Å²) in [7, 11) is -3.88. The first-order valence-corrected chi connectivity index (χ1v) is 20.2. The quantitative estimate of drug-likeness (QED) is 0.322. The number of aryl methyl sites for hydroxylation is 2. The van der Waals surface area contributed by atoms with Gasteiger partial charge in [0.05, 0.1) is 28.8 Å². The van der Waals surface area contributed by atoms with Crippen LogP contribution in [0.25, 0.3) is 11.0 Å². The van der Waals surface area contributed by atoms with Crippen LogP contribution in [-0.2, 0) is 24.4 Å². The molecule has 3 amide bonds. The van der Waals surface area contributed by atoms with Crippen LogP contribution in [0.2, 0.25) is 0 Å². The summed E-state index contributed by atoms with van der Waals surface area (Å²) < 4.78 is 53.9. The normalized spacial score (nSPS) is 27.3. The fourth-order valence-electron chi connectivity index (χ4n) is 7.32. The highest BCUT2D eigenvalue weighted by Gasteiger charge is 2.61. The van der Waals surface area contributed by atoms with E-state index in [1.807, 2.05) is 12.2 Å². The maximum Gasteiger partial charge on any atom is 0.274 e. The summed E-state index contributed by atoms with van der Waals surface area (Å²) in [5.74, 6) is -2.62. The zero-order valence-electron chi connectivity index (χ0n) is 29.3. The van der Waals surface area contributed by atoms with Crippen molar-refractivity contribution in [1.82, 2.24) is 30.1 Å². The van der Waals surface area contributed by atoms with Crippen LogP contribution in [0.1, 0.15) is 86.2 Å².